The van der Waals surface area contributed by atoms with Crippen LogP contribution in [0.4, 0.5) is 0 Å². The van der Waals surface area contributed by atoms with Gasteiger partial charge in [-0.3, -0.25) is 9.69 Å². The molecule has 1 unspecified atom stereocenters. The molecule has 0 aromatic heterocycles. The first kappa shape index (κ1) is 13.8. The number of hydrogen-bond acceptors (Lipinski definition) is 4. The molecule has 0 bridgehead atoms. The number of nitrogens with one attached hydrogen (secondary N) is 1. The van der Waals surface area contributed by atoms with E-state index in [4.69, 9.17) is 4.74 Å². The molecule has 2 aliphatic rings. The lowest BCUT2D eigenvalue weighted by atomic mass is 10.3. The van der Waals surface area contributed by atoms with E-state index >= 15 is 0 Å². The summed E-state index contributed by atoms with van der Waals surface area (Å²) in [6.07, 6.45) is 2.57. The number of carbonyl (C=O) groups is 1. The minimum absolute atomic E-state index is 0.215. The summed E-state index contributed by atoms with van der Waals surface area (Å²) in [6, 6.07) is 0.517. The van der Waals surface area contributed by atoms with E-state index in [1.54, 1.807) is 0 Å². The van der Waals surface area contributed by atoms with Gasteiger partial charge in [-0.15, -0.1) is 0 Å². The maximum Gasteiger partial charge on any atom is 0.236 e. The number of likely N-dealkylation sites (N-methyl/N-ethyl adjacent to an activating group) is 2. The van der Waals surface area contributed by atoms with Crippen molar-refractivity contribution in [1.29, 1.82) is 0 Å². The van der Waals surface area contributed by atoms with Crippen molar-refractivity contribution < 1.29 is 9.53 Å². The van der Waals surface area contributed by atoms with Gasteiger partial charge in [-0.1, -0.05) is 0 Å². The molecule has 1 saturated carbocycles. The van der Waals surface area contributed by atoms with Crippen LogP contribution in [0.3, 0.4) is 0 Å². The van der Waals surface area contributed by atoms with Crippen LogP contribution >= 0.6 is 0 Å². The highest BCUT2D eigenvalue weighted by Crippen LogP contribution is 2.26. The van der Waals surface area contributed by atoms with Crippen molar-refractivity contribution in [2.24, 2.45) is 0 Å². The van der Waals surface area contributed by atoms with Crippen LogP contribution in [0.25, 0.3) is 0 Å². The average molecular weight is 255 g/mol. The van der Waals surface area contributed by atoms with E-state index in [0.29, 0.717) is 12.6 Å². The minimum Gasteiger partial charge on any atom is -0.374 e. The van der Waals surface area contributed by atoms with Gasteiger partial charge in [0.25, 0.3) is 0 Å². The summed E-state index contributed by atoms with van der Waals surface area (Å²) in [5.74, 6) is 0.256. The predicted octanol–water partition coefficient (Wildman–Crippen LogP) is -0.0825. The molecule has 2 rings (SSSR count). The molecule has 104 valence electrons. The van der Waals surface area contributed by atoms with Crippen LogP contribution in [0, 0.1) is 0 Å². The van der Waals surface area contributed by atoms with Crippen LogP contribution in [-0.2, 0) is 9.53 Å². The fraction of sp³-hybridized carbons (Fsp3) is 0.923. The van der Waals surface area contributed by atoms with Crippen molar-refractivity contribution in [3.63, 3.8) is 0 Å². The van der Waals surface area contributed by atoms with E-state index in [9.17, 15) is 4.79 Å². The Morgan fingerprint density at radius 2 is 2.22 bits per heavy atom. The molecule has 1 N–H and O–H groups in total. The third-order valence-electron chi connectivity index (χ3n) is 3.57. The maximum atomic E-state index is 12.1. The number of hydrogen-bond donors (Lipinski definition) is 1. The van der Waals surface area contributed by atoms with Gasteiger partial charge in [0.15, 0.2) is 0 Å². The first-order valence-corrected chi connectivity index (χ1v) is 7.01. The van der Waals surface area contributed by atoms with Gasteiger partial charge in [-0.05, 0) is 26.8 Å². The molecule has 5 heteroatoms. The predicted molar refractivity (Wildman–Crippen MR) is 70.5 cm³/mol. The zero-order chi connectivity index (χ0) is 13.0. The molecule has 0 spiro atoms. The summed E-state index contributed by atoms with van der Waals surface area (Å²) >= 11 is 0. The van der Waals surface area contributed by atoms with Crippen molar-refractivity contribution in [2.45, 2.75) is 31.9 Å². The molecular weight excluding hydrogens is 230 g/mol. The number of ether oxygens (including phenoxy) is 1. The summed E-state index contributed by atoms with van der Waals surface area (Å²) in [5.41, 5.74) is 0. The number of carbonyl (C=O) groups excluding carboxylic acids is 1. The second-order valence-corrected chi connectivity index (χ2v) is 5.30. The van der Waals surface area contributed by atoms with E-state index in [2.05, 4.69) is 17.1 Å². The van der Waals surface area contributed by atoms with E-state index < -0.39 is 0 Å². The topological polar surface area (TPSA) is 44.8 Å². The molecule has 1 aliphatic carbocycles. The van der Waals surface area contributed by atoms with Crippen LogP contribution < -0.4 is 5.32 Å². The third-order valence-corrected chi connectivity index (χ3v) is 3.57. The second kappa shape index (κ2) is 6.50. The monoisotopic (exact) mass is 255 g/mol. The number of nitrogens with zero attached hydrogens (tertiary/aromatic N) is 2. The van der Waals surface area contributed by atoms with E-state index in [1.165, 1.54) is 12.8 Å². The van der Waals surface area contributed by atoms with Gasteiger partial charge >= 0.3 is 0 Å². The first-order valence-electron chi connectivity index (χ1n) is 7.01. The van der Waals surface area contributed by atoms with Crippen molar-refractivity contribution in [1.82, 2.24) is 15.1 Å². The van der Waals surface area contributed by atoms with Gasteiger partial charge in [-0.25, -0.2) is 0 Å². The van der Waals surface area contributed by atoms with Gasteiger partial charge in [0.1, 0.15) is 0 Å². The summed E-state index contributed by atoms with van der Waals surface area (Å²) in [7, 11) is 2.00. The minimum atomic E-state index is 0.215. The molecule has 1 heterocycles. The largest absolute Gasteiger partial charge is 0.374 e. The smallest absolute Gasteiger partial charge is 0.236 e. The van der Waals surface area contributed by atoms with Gasteiger partial charge in [0, 0.05) is 32.2 Å². The molecule has 1 amide bonds. The van der Waals surface area contributed by atoms with E-state index in [1.807, 2.05) is 11.9 Å². The lowest BCUT2D eigenvalue weighted by Crippen LogP contribution is -2.47. The van der Waals surface area contributed by atoms with Crippen LogP contribution in [0.1, 0.15) is 19.8 Å². The molecule has 5 nitrogen and oxygen atoms in total. The number of amides is 1. The van der Waals surface area contributed by atoms with Gasteiger partial charge in [-0.2, -0.15) is 0 Å². The Morgan fingerprint density at radius 3 is 2.78 bits per heavy atom. The highest BCUT2D eigenvalue weighted by molar-refractivity contribution is 5.78. The van der Waals surface area contributed by atoms with E-state index in [-0.39, 0.29) is 12.0 Å². The standard InChI is InChI=1S/C13H25N3O2/c1-3-16(11-4-5-11)13(17)10-15(2)9-12-8-14-6-7-18-12/h11-12,14H,3-10H2,1-2H3. The second-order valence-electron chi connectivity index (χ2n) is 5.30. The Bertz CT molecular complexity index is 275. The fourth-order valence-electron chi connectivity index (χ4n) is 2.50. The molecule has 18 heavy (non-hydrogen) atoms. The Morgan fingerprint density at radius 1 is 1.44 bits per heavy atom. The Labute approximate surface area is 109 Å². The summed E-state index contributed by atoms with van der Waals surface area (Å²) in [4.78, 5) is 16.2. The van der Waals surface area contributed by atoms with Crippen LogP contribution in [-0.4, -0.2) is 74.2 Å². The number of morpholine rings is 1. The maximum absolute atomic E-state index is 12.1. The Hall–Kier alpha value is -0.650. The lowest BCUT2D eigenvalue weighted by molar-refractivity contribution is -0.132. The van der Waals surface area contributed by atoms with Gasteiger partial charge in [0.05, 0.1) is 19.3 Å². The molecular formula is C13H25N3O2. The summed E-state index contributed by atoms with van der Waals surface area (Å²) in [6.45, 7) is 6.81. The summed E-state index contributed by atoms with van der Waals surface area (Å²) < 4.78 is 5.65. The highest BCUT2D eigenvalue weighted by atomic mass is 16.5. The Balaban J connectivity index is 1.71. The van der Waals surface area contributed by atoms with Gasteiger partial charge < -0.3 is 15.0 Å². The molecule has 1 atom stereocenters. The van der Waals surface area contributed by atoms with Crippen molar-refractivity contribution in [3.8, 4) is 0 Å². The molecule has 2 fully saturated rings. The molecule has 1 aliphatic heterocycles. The number of rotatable bonds is 6. The van der Waals surface area contributed by atoms with Crippen molar-refractivity contribution in [3.05, 3.63) is 0 Å². The van der Waals surface area contributed by atoms with Crippen LogP contribution in [0.5, 0.6) is 0 Å². The fourth-order valence-corrected chi connectivity index (χ4v) is 2.50. The van der Waals surface area contributed by atoms with Gasteiger partial charge in [0.2, 0.25) is 5.91 Å². The molecule has 0 aromatic carbocycles. The first-order chi connectivity index (χ1) is 8.70. The third kappa shape index (κ3) is 3.93. The molecule has 1 saturated heterocycles. The van der Waals surface area contributed by atoms with E-state index in [0.717, 1.165) is 32.8 Å². The SMILES string of the molecule is CCN(C(=O)CN(C)CC1CNCCO1)C1CC1. The average Bonchev–Trinajstić information content (AvgIpc) is 3.15. The zero-order valence-electron chi connectivity index (χ0n) is 11.5. The highest BCUT2D eigenvalue weighted by Gasteiger charge is 2.31. The van der Waals surface area contributed by atoms with Crippen LogP contribution in [0.15, 0.2) is 0 Å². The lowest BCUT2D eigenvalue weighted by Gasteiger charge is -2.29. The zero-order valence-corrected chi connectivity index (χ0v) is 11.5. The van der Waals surface area contributed by atoms with Crippen molar-refractivity contribution >= 4 is 5.91 Å². The quantitative estimate of drug-likeness (QED) is 0.721. The van der Waals surface area contributed by atoms with Crippen LogP contribution in [0.2, 0.25) is 0 Å². The summed E-state index contributed by atoms with van der Waals surface area (Å²) in [5, 5.41) is 3.31. The molecule has 0 radical (unpaired) electrons. The Kier molecular flexibility index (Phi) is 4.97. The molecule has 0 aromatic rings. The normalized spacial score (nSPS) is 24.3. The van der Waals surface area contributed by atoms with Crippen molar-refractivity contribution in [2.75, 3.05) is 46.4 Å².